The SMILES string of the molecule is COc1cc(CS(=O)(=O)c2ccccc2Cl)ccc1/C=C/c1cnc(NC2CCC(N)CC2)nc1. The minimum absolute atomic E-state index is 0.120. The number of nitrogens with two attached hydrogens (primary N) is 1. The predicted octanol–water partition coefficient (Wildman–Crippen LogP) is 4.96. The van der Waals surface area contributed by atoms with Gasteiger partial charge in [0.2, 0.25) is 5.95 Å². The highest BCUT2D eigenvalue weighted by atomic mass is 35.5. The number of hydrogen-bond acceptors (Lipinski definition) is 7. The van der Waals surface area contributed by atoms with Crippen LogP contribution < -0.4 is 15.8 Å². The van der Waals surface area contributed by atoms with Gasteiger partial charge in [-0.2, -0.15) is 0 Å². The normalized spacial score (nSPS) is 18.5. The molecule has 7 nitrogen and oxygen atoms in total. The number of ether oxygens (including phenoxy) is 1. The van der Waals surface area contributed by atoms with Crippen molar-refractivity contribution in [2.45, 2.75) is 48.4 Å². The Morgan fingerprint density at radius 3 is 2.49 bits per heavy atom. The van der Waals surface area contributed by atoms with Crippen molar-refractivity contribution in [3.8, 4) is 5.75 Å². The van der Waals surface area contributed by atoms with Crippen LogP contribution in [-0.4, -0.2) is 37.6 Å². The van der Waals surface area contributed by atoms with E-state index < -0.39 is 9.84 Å². The Morgan fingerprint density at radius 2 is 1.80 bits per heavy atom. The van der Waals surface area contributed by atoms with Crippen molar-refractivity contribution in [3.63, 3.8) is 0 Å². The van der Waals surface area contributed by atoms with E-state index in [0.717, 1.165) is 36.8 Å². The van der Waals surface area contributed by atoms with Crippen molar-refractivity contribution in [2.75, 3.05) is 12.4 Å². The highest BCUT2D eigenvalue weighted by Crippen LogP contribution is 2.28. The van der Waals surface area contributed by atoms with E-state index in [1.54, 1.807) is 49.8 Å². The number of nitrogens with one attached hydrogen (secondary N) is 1. The van der Waals surface area contributed by atoms with Crippen molar-refractivity contribution < 1.29 is 13.2 Å². The van der Waals surface area contributed by atoms with E-state index in [1.165, 1.54) is 6.07 Å². The summed E-state index contributed by atoms with van der Waals surface area (Å²) in [6.07, 6.45) is 11.4. The third-order valence-corrected chi connectivity index (χ3v) is 8.24. The van der Waals surface area contributed by atoms with Crippen molar-refractivity contribution in [3.05, 3.63) is 76.6 Å². The molecule has 1 aromatic heterocycles. The summed E-state index contributed by atoms with van der Waals surface area (Å²) in [6.45, 7) is 0. The fraction of sp³-hybridized carbons (Fsp3) is 0.308. The zero-order valence-electron chi connectivity index (χ0n) is 19.5. The highest BCUT2D eigenvalue weighted by Gasteiger charge is 2.20. The van der Waals surface area contributed by atoms with Crippen molar-refractivity contribution in [1.82, 2.24) is 9.97 Å². The van der Waals surface area contributed by atoms with E-state index in [1.807, 2.05) is 18.2 Å². The molecule has 0 radical (unpaired) electrons. The molecule has 0 bridgehead atoms. The first-order valence-electron chi connectivity index (χ1n) is 11.5. The Balaban J connectivity index is 1.43. The van der Waals surface area contributed by atoms with Gasteiger partial charge in [0.1, 0.15) is 5.75 Å². The number of nitrogens with zero attached hydrogens (tertiary/aromatic N) is 2. The van der Waals surface area contributed by atoms with Crippen molar-refractivity contribution in [1.29, 1.82) is 0 Å². The molecule has 2 aromatic carbocycles. The molecular weight excluding hydrogens is 484 g/mol. The standard InChI is InChI=1S/C26H29ClN4O3S/c1-34-24-14-18(17-35(32,33)25-5-3-2-4-23(25)27)6-8-20(24)9-7-19-15-29-26(30-16-19)31-22-12-10-21(28)11-13-22/h2-9,14-16,21-22H,10-13,17,28H2,1H3,(H,29,30,31)/b9-7+. The van der Waals surface area contributed by atoms with Crippen molar-refractivity contribution in [2.24, 2.45) is 5.73 Å². The predicted molar refractivity (Wildman–Crippen MR) is 140 cm³/mol. The maximum absolute atomic E-state index is 12.8. The van der Waals surface area contributed by atoms with Gasteiger partial charge >= 0.3 is 0 Å². The lowest BCUT2D eigenvalue weighted by Gasteiger charge is -2.26. The van der Waals surface area contributed by atoms with Crippen LogP contribution in [0.2, 0.25) is 5.02 Å². The molecule has 9 heteroatoms. The molecule has 0 atom stereocenters. The van der Waals surface area contributed by atoms with Gasteiger partial charge in [0, 0.05) is 35.6 Å². The van der Waals surface area contributed by atoms with E-state index in [9.17, 15) is 8.42 Å². The Bertz CT molecular complexity index is 1290. The molecule has 1 aliphatic rings. The van der Waals surface area contributed by atoms with Crippen LogP contribution in [0.15, 0.2) is 59.8 Å². The molecule has 3 N–H and O–H groups in total. The number of benzene rings is 2. The van der Waals surface area contributed by atoms with Crippen LogP contribution in [0.25, 0.3) is 12.2 Å². The second-order valence-electron chi connectivity index (χ2n) is 8.70. The number of methoxy groups -OCH3 is 1. The molecule has 1 fully saturated rings. The first kappa shape index (κ1) is 25.2. The number of rotatable bonds is 8. The smallest absolute Gasteiger partial charge is 0.222 e. The van der Waals surface area contributed by atoms with Crippen LogP contribution in [0.4, 0.5) is 5.95 Å². The van der Waals surface area contributed by atoms with E-state index in [-0.39, 0.29) is 15.7 Å². The number of sulfone groups is 1. The first-order valence-corrected chi connectivity index (χ1v) is 13.5. The quantitative estimate of drug-likeness (QED) is 0.439. The van der Waals surface area contributed by atoms with Gasteiger partial charge in [-0.25, -0.2) is 18.4 Å². The Hall–Kier alpha value is -2.94. The summed E-state index contributed by atoms with van der Waals surface area (Å²) in [4.78, 5) is 8.97. The zero-order chi connectivity index (χ0) is 24.8. The molecule has 0 unspecified atom stereocenters. The molecule has 1 heterocycles. The van der Waals surface area contributed by atoms with Crippen LogP contribution in [0.3, 0.4) is 0 Å². The van der Waals surface area contributed by atoms with Crippen LogP contribution in [-0.2, 0) is 15.6 Å². The second kappa shape index (κ2) is 11.2. The maximum Gasteiger partial charge on any atom is 0.222 e. The van der Waals surface area contributed by atoms with Gasteiger partial charge in [-0.05, 0) is 49.4 Å². The van der Waals surface area contributed by atoms with E-state index >= 15 is 0 Å². The topological polar surface area (TPSA) is 107 Å². The van der Waals surface area contributed by atoms with Gasteiger partial charge in [-0.1, -0.05) is 48.0 Å². The van der Waals surface area contributed by atoms with Crippen LogP contribution in [0.5, 0.6) is 5.75 Å². The lowest BCUT2D eigenvalue weighted by Crippen LogP contribution is -2.33. The summed E-state index contributed by atoms with van der Waals surface area (Å²) >= 11 is 6.09. The number of hydrogen-bond donors (Lipinski definition) is 2. The van der Waals surface area contributed by atoms with Crippen molar-refractivity contribution >= 4 is 39.5 Å². The summed E-state index contributed by atoms with van der Waals surface area (Å²) < 4.78 is 31.2. The lowest BCUT2D eigenvalue weighted by molar-refractivity contribution is 0.410. The molecule has 35 heavy (non-hydrogen) atoms. The van der Waals surface area contributed by atoms with E-state index in [2.05, 4.69) is 15.3 Å². The van der Waals surface area contributed by atoms with Gasteiger partial charge in [0.25, 0.3) is 0 Å². The lowest BCUT2D eigenvalue weighted by atomic mass is 9.92. The average Bonchev–Trinajstić information content (AvgIpc) is 2.85. The Morgan fingerprint density at radius 1 is 1.09 bits per heavy atom. The molecule has 1 saturated carbocycles. The largest absolute Gasteiger partial charge is 0.496 e. The molecular formula is C26H29ClN4O3S. The molecule has 1 aliphatic carbocycles. The average molecular weight is 513 g/mol. The van der Waals surface area contributed by atoms with Crippen LogP contribution in [0.1, 0.15) is 42.4 Å². The summed E-state index contributed by atoms with van der Waals surface area (Å²) in [6, 6.07) is 12.4. The molecule has 3 aromatic rings. The maximum atomic E-state index is 12.8. The van der Waals surface area contributed by atoms with Gasteiger partial charge in [-0.3, -0.25) is 0 Å². The minimum Gasteiger partial charge on any atom is -0.496 e. The van der Waals surface area contributed by atoms with Gasteiger partial charge in [0.05, 0.1) is 22.8 Å². The van der Waals surface area contributed by atoms with Gasteiger partial charge in [-0.15, -0.1) is 0 Å². The summed E-state index contributed by atoms with van der Waals surface area (Å²) in [7, 11) is -2.03. The van der Waals surface area contributed by atoms with Crippen LogP contribution in [0, 0.1) is 0 Å². The zero-order valence-corrected chi connectivity index (χ0v) is 21.1. The Kier molecular flexibility index (Phi) is 8.05. The molecule has 184 valence electrons. The second-order valence-corrected chi connectivity index (χ2v) is 11.1. The third-order valence-electron chi connectivity index (χ3n) is 6.06. The monoisotopic (exact) mass is 512 g/mol. The summed E-state index contributed by atoms with van der Waals surface area (Å²) in [5.41, 5.74) is 8.24. The number of anilines is 1. The minimum atomic E-state index is -3.59. The van der Waals surface area contributed by atoms with E-state index in [0.29, 0.717) is 29.3 Å². The molecule has 0 spiro atoms. The van der Waals surface area contributed by atoms with Gasteiger partial charge in [0.15, 0.2) is 9.84 Å². The highest BCUT2D eigenvalue weighted by molar-refractivity contribution is 7.90. The molecule has 0 amide bonds. The molecule has 0 aliphatic heterocycles. The Labute approximate surface area is 211 Å². The fourth-order valence-corrected chi connectivity index (χ4v) is 6.02. The van der Waals surface area contributed by atoms with Crippen LogP contribution >= 0.6 is 11.6 Å². The number of halogens is 1. The van der Waals surface area contributed by atoms with Gasteiger partial charge < -0.3 is 15.8 Å². The van der Waals surface area contributed by atoms with E-state index in [4.69, 9.17) is 22.1 Å². The molecule has 0 saturated heterocycles. The number of aromatic nitrogens is 2. The summed E-state index contributed by atoms with van der Waals surface area (Å²) in [5.74, 6) is 1.01. The third kappa shape index (κ3) is 6.60. The first-order chi connectivity index (χ1) is 16.8. The fourth-order valence-electron chi connectivity index (χ4n) is 4.11. The molecule has 4 rings (SSSR count). The summed E-state index contributed by atoms with van der Waals surface area (Å²) in [5, 5.41) is 3.59.